The molecule has 1 aliphatic rings. The van der Waals surface area contributed by atoms with Gasteiger partial charge in [0.05, 0.1) is 15.3 Å². The molecule has 0 bridgehead atoms. The normalized spacial score (nSPS) is 17.5. The summed E-state index contributed by atoms with van der Waals surface area (Å²) < 4.78 is 2.89. The molecule has 0 unspecified atom stereocenters. The molecule has 1 saturated heterocycles. The van der Waals surface area contributed by atoms with Gasteiger partial charge in [-0.15, -0.1) is 11.3 Å². The molecule has 0 radical (unpaired) electrons. The Labute approximate surface area is 155 Å². The second kappa shape index (κ2) is 6.77. The predicted octanol–water partition coefficient (Wildman–Crippen LogP) is 4.19. The summed E-state index contributed by atoms with van der Waals surface area (Å²) in [6.45, 7) is 3.59. The average molecular weight is 375 g/mol. The molecule has 0 aromatic carbocycles. The van der Waals surface area contributed by atoms with Crippen molar-refractivity contribution in [1.82, 2.24) is 19.4 Å². The van der Waals surface area contributed by atoms with Gasteiger partial charge in [-0.3, -0.25) is 4.79 Å². The zero-order valence-electron chi connectivity index (χ0n) is 14.0. The third-order valence-electron chi connectivity index (χ3n) is 4.60. The first-order valence-electron chi connectivity index (χ1n) is 8.54. The molecule has 0 saturated carbocycles. The topological polar surface area (TPSA) is 51.0 Å². The number of thiophene rings is 1. The van der Waals surface area contributed by atoms with E-state index in [0.717, 1.165) is 42.8 Å². The van der Waals surface area contributed by atoms with E-state index in [9.17, 15) is 4.79 Å². The molecule has 3 aromatic rings. The van der Waals surface area contributed by atoms with Crippen molar-refractivity contribution in [2.24, 2.45) is 0 Å². The lowest BCUT2D eigenvalue weighted by atomic mass is 10.2. The number of hydrogen-bond acceptors (Lipinski definition) is 4. The molecule has 5 nitrogen and oxygen atoms in total. The fraction of sp³-hybridized carbons (Fsp3) is 0.389. The predicted molar refractivity (Wildman–Crippen MR) is 100 cm³/mol. The first-order valence-corrected chi connectivity index (χ1v) is 9.73. The first-order chi connectivity index (χ1) is 12.2. The zero-order chi connectivity index (χ0) is 17.4. The van der Waals surface area contributed by atoms with Crippen LogP contribution in [0.2, 0.25) is 4.34 Å². The molecule has 0 aliphatic carbocycles. The van der Waals surface area contributed by atoms with Crippen LogP contribution < -0.4 is 0 Å². The highest BCUT2D eigenvalue weighted by atomic mass is 35.5. The smallest absolute Gasteiger partial charge is 0.264 e. The number of fused-ring (bicyclic) bond motifs is 1. The van der Waals surface area contributed by atoms with Gasteiger partial charge >= 0.3 is 0 Å². The van der Waals surface area contributed by atoms with Crippen molar-refractivity contribution in [3.63, 3.8) is 0 Å². The number of nitrogens with zero attached hydrogens (tertiary/aromatic N) is 4. The second-order valence-electron chi connectivity index (χ2n) is 6.29. The molecular weight excluding hydrogens is 356 g/mol. The van der Waals surface area contributed by atoms with Crippen molar-refractivity contribution >= 4 is 40.0 Å². The van der Waals surface area contributed by atoms with Crippen LogP contribution in [0.1, 0.15) is 41.3 Å². The number of imidazole rings is 1. The van der Waals surface area contributed by atoms with E-state index in [1.54, 1.807) is 12.1 Å². The molecule has 1 atom stereocenters. The van der Waals surface area contributed by atoms with Crippen molar-refractivity contribution in [2.45, 2.75) is 32.2 Å². The Balaban J connectivity index is 1.62. The summed E-state index contributed by atoms with van der Waals surface area (Å²) in [5.41, 5.74) is 1.85. The Morgan fingerprint density at radius 3 is 3.04 bits per heavy atom. The van der Waals surface area contributed by atoms with Crippen LogP contribution in [0.5, 0.6) is 0 Å². The van der Waals surface area contributed by atoms with Crippen molar-refractivity contribution in [3.8, 4) is 0 Å². The molecule has 0 spiro atoms. The molecule has 130 valence electrons. The third kappa shape index (κ3) is 3.04. The molecule has 1 aliphatic heterocycles. The SMILES string of the molecule is CCCc1nc2cccnc2n1[C@H]1CCN(C(=O)c2ccc(Cl)s2)C1. The molecule has 7 heteroatoms. The zero-order valence-corrected chi connectivity index (χ0v) is 15.6. The number of amides is 1. The maximum atomic E-state index is 12.7. The van der Waals surface area contributed by atoms with Crippen molar-refractivity contribution < 1.29 is 4.79 Å². The number of likely N-dealkylation sites (tertiary alicyclic amines) is 1. The monoisotopic (exact) mass is 374 g/mol. The lowest BCUT2D eigenvalue weighted by Gasteiger charge is -2.18. The van der Waals surface area contributed by atoms with Gasteiger partial charge in [0.25, 0.3) is 5.91 Å². The summed E-state index contributed by atoms with van der Waals surface area (Å²) in [6, 6.07) is 7.73. The Bertz CT molecular complexity index is 919. The molecule has 25 heavy (non-hydrogen) atoms. The highest BCUT2D eigenvalue weighted by Crippen LogP contribution is 2.30. The Kier molecular flexibility index (Phi) is 4.48. The molecule has 3 aromatic heterocycles. The number of rotatable bonds is 4. The maximum absolute atomic E-state index is 12.7. The summed E-state index contributed by atoms with van der Waals surface area (Å²) >= 11 is 7.31. The molecule has 1 fully saturated rings. The number of halogens is 1. The fourth-order valence-corrected chi connectivity index (χ4v) is 4.49. The van der Waals surface area contributed by atoms with Crippen LogP contribution >= 0.6 is 22.9 Å². The van der Waals surface area contributed by atoms with Gasteiger partial charge in [-0.25, -0.2) is 9.97 Å². The van der Waals surface area contributed by atoms with Gasteiger partial charge in [0.1, 0.15) is 11.3 Å². The number of carbonyl (C=O) groups is 1. The average Bonchev–Trinajstić information content (AvgIpc) is 3.32. The largest absolute Gasteiger partial charge is 0.336 e. The van der Waals surface area contributed by atoms with Crippen LogP contribution in [0.3, 0.4) is 0 Å². The minimum atomic E-state index is 0.0637. The molecular formula is C18H19ClN4OS. The molecule has 4 heterocycles. The van der Waals surface area contributed by atoms with Crippen molar-refractivity contribution in [1.29, 1.82) is 0 Å². The van der Waals surface area contributed by atoms with Crippen LogP contribution in [0.15, 0.2) is 30.5 Å². The summed E-state index contributed by atoms with van der Waals surface area (Å²) in [7, 11) is 0. The van der Waals surface area contributed by atoms with E-state index in [-0.39, 0.29) is 11.9 Å². The van der Waals surface area contributed by atoms with Gasteiger partial charge in [-0.05, 0) is 37.1 Å². The highest BCUT2D eigenvalue weighted by Gasteiger charge is 2.31. The van der Waals surface area contributed by atoms with Gasteiger partial charge in [0.2, 0.25) is 0 Å². The van der Waals surface area contributed by atoms with Crippen LogP contribution in [0.4, 0.5) is 0 Å². The lowest BCUT2D eigenvalue weighted by molar-refractivity contribution is 0.0792. The number of hydrogen-bond donors (Lipinski definition) is 0. The van der Waals surface area contributed by atoms with Gasteiger partial charge < -0.3 is 9.47 Å². The fourth-order valence-electron chi connectivity index (χ4n) is 3.48. The van der Waals surface area contributed by atoms with Crippen LogP contribution in [0.25, 0.3) is 11.2 Å². The third-order valence-corrected chi connectivity index (χ3v) is 5.81. The highest BCUT2D eigenvalue weighted by molar-refractivity contribution is 7.17. The second-order valence-corrected chi connectivity index (χ2v) is 8.01. The Morgan fingerprint density at radius 1 is 1.40 bits per heavy atom. The van der Waals surface area contributed by atoms with Crippen molar-refractivity contribution in [3.05, 3.63) is 45.5 Å². The molecule has 4 rings (SSSR count). The van der Waals surface area contributed by atoms with Crippen molar-refractivity contribution in [2.75, 3.05) is 13.1 Å². The van der Waals surface area contributed by atoms with Gasteiger partial charge in [-0.1, -0.05) is 18.5 Å². The van der Waals surface area contributed by atoms with Gasteiger partial charge in [0, 0.05) is 25.7 Å². The first kappa shape index (κ1) is 16.5. The van der Waals surface area contributed by atoms with E-state index in [0.29, 0.717) is 15.8 Å². The summed E-state index contributed by atoms with van der Waals surface area (Å²) in [6.07, 6.45) is 4.68. The van der Waals surface area contributed by atoms with E-state index >= 15 is 0 Å². The Morgan fingerprint density at radius 2 is 2.28 bits per heavy atom. The number of aryl methyl sites for hydroxylation is 1. The van der Waals surface area contributed by atoms with Gasteiger partial charge in [-0.2, -0.15) is 0 Å². The number of carbonyl (C=O) groups excluding carboxylic acids is 1. The maximum Gasteiger partial charge on any atom is 0.264 e. The minimum Gasteiger partial charge on any atom is -0.336 e. The molecule has 1 amide bonds. The number of aromatic nitrogens is 3. The molecule has 0 N–H and O–H groups in total. The van der Waals surface area contributed by atoms with Crippen LogP contribution in [-0.4, -0.2) is 38.4 Å². The number of pyridine rings is 1. The van der Waals surface area contributed by atoms with E-state index in [2.05, 4.69) is 16.5 Å². The van der Waals surface area contributed by atoms with E-state index < -0.39 is 0 Å². The minimum absolute atomic E-state index is 0.0637. The van der Waals surface area contributed by atoms with E-state index in [4.69, 9.17) is 16.6 Å². The van der Waals surface area contributed by atoms with Gasteiger partial charge in [0.15, 0.2) is 5.65 Å². The summed E-state index contributed by atoms with van der Waals surface area (Å²) in [5.74, 6) is 1.13. The van der Waals surface area contributed by atoms with Crippen LogP contribution in [0, 0.1) is 0 Å². The summed E-state index contributed by atoms with van der Waals surface area (Å²) in [5, 5.41) is 0. The Hall–Kier alpha value is -1.92. The summed E-state index contributed by atoms with van der Waals surface area (Å²) in [4.78, 5) is 24.6. The van der Waals surface area contributed by atoms with E-state index in [1.807, 2.05) is 23.2 Å². The standard InChI is InChI=1S/C18H19ClN4OS/c1-2-4-16-21-13-5-3-9-20-17(13)23(16)12-8-10-22(11-12)18(24)14-6-7-15(19)25-14/h3,5-7,9,12H,2,4,8,10-11H2,1H3/t12-/m0/s1. The van der Waals surface area contributed by atoms with E-state index in [1.165, 1.54) is 11.3 Å². The van der Waals surface area contributed by atoms with Crippen LogP contribution in [-0.2, 0) is 6.42 Å². The lowest BCUT2D eigenvalue weighted by Crippen LogP contribution is -2.28. The quantitative estimate of drug-likeness (QED) is 0.688.